The zero-order chi connectivity index (χ0) is 32.2. The highest BCUT2D eigenvalue weighted by Crippen LogP contribution is 2.34. The molecule has 2 atom stereocenters. The van der Waals surface area contributed by atoms with Crippen molar-refractivity contribution in [3.63, 3.8) is 0 Å². The smallest absolute Gasteiger partial charge is 0.323 e. The molecule has 2 amide bonds. The van der Waals surface area contributed by atoms with Gasteiger partial charge in [-0.25, -0.2) is 31.5 Å². The standard InChI is InChI=1S/C29H27F4IN6O3S/c1-15-9-24(38-28(42)39-25-10-17(29(3,32)33)7-8-22(25)30)23(31)12-20(15)21-13-35-27(40-26(21)36-16(2)14-41)37-18-5-4-6-19(11-18)44(34)43/h4-13,16,41H,14H2,1-3H3,(H2,38,39,42)(H2,35,36,37,40)/t16-,44?/m1/s1. The van der Waals surface area contributed by atoms with E-state index in [1.54, 1.807) is 59.3 Å². The Hall–Kier alpha value is -3.83. The van der Waals surface area contributed by atoms with E-state index in [1.807, 2.05) is 0 Å². The third kappa shape index (κ3) is 8.21. The van der Waals surface area contributed by atoms with Crippen molar-refractivity contribution in [3.05, 3.63) is 83.6 Å². The minimum atomic E-state index is -3.26. The molecule has 3 aromatic carbocycles. The summed E-state index contributed by atoms with van der Waals surface area (Å²) in [6.45, 7) is 3.79. The lowest BCUT2D eigenvalue weighted by Crippen LogP contribution is -2.22. The summed E-state index contributed by atoms with van der Waals surface area (Å²) in [6.07, 6.45) is 1.46. The Morgan fingerprint density at radius 2 is 1.75 bits per heavy atom. The van der Waals surface area contributed by atoms with Crippen molar-refractivity contribution in [2.75, 3.05) is 27.9 Å². The predicted molar refractivity (Wildman–Crippen MR) is 171 cm³/mol. The molecule has 0 saturated heterocycles. The molecular weight excluding hydrogens is 715 g/mol. The number of carbonyl (C=O) groups excluding carboxylic acids is 1. The first-order valence-electron chi connectivity index (χ1n) is 13.0. The van der Waals surface area contributed by atoms with Crippen molar-refractivity contribution in [1.82, 2.24) is 9.97 Å². The van der Waals surface area contributed by atoms with E-state index in [4.69, 9.17) is 0 Å². The minimum absolute atomic E-state index is 0.183. The maximum atomic E-state index is 15.3. The zero-order valence-corrected chi connectivity index (χ0v) is 26.5. The third-order valence-corrected chi connectivity index (χ3v) is 8.45. The molecule has 0 aliphatic heterocycles. The molecule has 1 heterocycles. The fourth-order valence-electron chi connectivity index (χ4n) is 4.07. The summed E-state index contributed by atoms with van der Waals surface area (Å²) in [6, 6.07) is 10.4. The van der Waals surface area contributed by atoms with Crippen LogP contribution in [0.1, 0.15) is 25.0 Å². The van der Waals surface area contributed by atoms with Gasteiger partial charge in [-0.2, -0.15) is 4.98 Å². The molecule has 4 aromatic rings. The first-order valence-corrected chi connectivity index (χ1v) is 16.7. The Bertz CT molecular complexity index is 1720. The van der Waals surface area contributed by atoms with Crippen LogP contribution in [0.3, 0.4) is 0 Å². The highest BCUT2D eigenvalue weighted by Gasteiger charge is 2.26. The lowest BCUT2D eigenvalue weighted by atomic mass is 10.0. The summed E-state index contributed by atoms with van der Waals surface area (Å²) in [5, 5.41) is 20.2. The van der Waals surface area contributed by atoms with Gasteiger partial charge in [0.15, 0.2) is 0 Å². The van der Waals surface area contributed by atoms with E-state index in [9.17, 15) is 27.3 Å². The van der Waals surface area contributed by atoms with Gasteiger partial charge in [0.1, 0.15) is 25.4 Å². The molecular formula is C29H27F4IN6O3S. The number of anilines is 5. The summed E-state index contributed by atoms with van der Waals surface area (Å²) in [5.74, 6) is -4.59. The molecule has 1 unspecified atom stereocenters. The Kier molecular flexibility index (Phi) is 10.4. The van der Waals surface area contributed by atoms with Crippen LogP contribution in [-0.2, 0) is 13.9 Å². The van der Waals surface area contributed by atoms with E-state index in [1.165, 1.54) is 12.3 Å². The number of aromatic nitrogens is 2. The third-order valence-electron chi connectivity index (χ3n) is 6.30. The average Bonchev–Trinajstić information content (AvgIpc) is 2.95. The normalized spacial score (nSPS) is 12.8. The number of benzene rings is 3. The Morgan fingerprint density at radius 3 is 2.41 bits per heavy atom. The maximum Gasteiger partial charge on any atom is 0.323 e. The van der Waals surface area contributed by atoms with Gasteiger partial charge in [-0.05, 0) is 67.4 Å². The first-order chi connectivity index (χ1) is 20.7. The van der Waals surface area contributed by atoms with Gasteiger partial charge in [-0.3, -0.25) is 0 Å². The van der Waals surface area contributed by atoms with Gasteiger partial charge in [0, 0.05) is 57.2 Å². The molecule has 44 heavy (non-hydrogen) atoms. The van der Waals surface area contributed by atoms with Crippen LogP contribution < -0.4 is 21.3 Å². The van der Waals surface area contributed by atoms with Gasteiger partial charge in [0.25, 0.3) is 5.92 Å². The number of hydrogen-bond acceptors (Lipinski definition) is 7. The van der Waals surface area contributed by atoms with Gasteiger partial charge < -0.3 is 26.4 Å². The summed E-state index contributed by atoms with van der Waals surface area (Å²) < 4.78 is 68.7. The zero-order valence-electron chi connectivity index (χ0n) is 23.5. The monoisotopic (exact) mass is 742 g/mol. The number of halogens is 5. The second-order valence-corrected chi connectivity index (χ2v) is 13.2. The second kappa shape index (κ2) is 13.9. The van der Waals surface area contributed by atoms with E-state index in [0.717, 1.165) is 24.3 Å². The molecule has 0 fully saturated rings. The Labute approximate surface area is 264 Å². The van der Waals surface area contributed by atoms with Crippen LogP contribution in [-0.4, -0.2) is 38.0 Å². The van der Waals surface area contributed by atoms with Crippen molar-refractivity contribution in [2.45, 2.75) is 37.6 Å². The van der Waals surface area contributed by atoms with Crippen LogP contribution in [0.25, 0.3) is 11.1 Å². The summed E-state index contributed by atoms with van der Waals surface area (Å²) in [7, 11) is -1.23. The molecule has 0 saturated carbocycles. The number of aliphatic hydroxyl groups excluding tert-OH is 1. The number of rotatable bonds is 10. The topological polar surface area (TPSA) is 128 Å². The van der Waals surface area contributed by atoms with Crippen LogP contribution in [0.5, 0.6) is 0 Å². The predicted octanol–water partition coefficient (Wildman–Crippen LogP) is 7.48. The number of hydrogen-bond donors (Lipinski definition) is 5. The quantitative estimate of drug-likeness (QED) is 0.0648. The second-order valence-electron chi connectivity index (χ2n) is 9.87. The number of aryl methyl sites for hydroxylation is 1. The lowest BCUT2D eigenvalue weighted by Gasteiger charge is -2.18. The van der Waals surface area contributed by atoms with E-state index >= 15 is 4.39 Å². The number of alkyl halides is 2. The molecule has 0 radical (unpaired) electrons. The molecule has 0 aliphatic rings. The fraction of sp³-hybridized carbons (Fsp3) is 0.207. The fourth-order valence-corrected chi connectivity index (χ4v) is 5.30. The SMILES string of the molecule is Cc1cc(NC(=O)Nc2cc(C(C)(F)F)ccc2F)c(F)cc1-c1cnc(Nc2cccc(S(=O)I)c2)nc1N[C@H](C)CO. The molecule has 4 rings (SSSR count). The van der Waals surface area contributed by atoms with Gasteiger partial charge in [0.05, 0.1) is 22.9 Å². The summed E-state index contributed by atoms with van der Waals surface area (Å²) in [5.41, 5.74) is 0.613. The Balaban J connectivity index is 1.61. The van der Waals surface area contributed by atoms with E-state index < -0.39 is 48.9 Å². The van der Waals surface area contributed by atoms with Gasteiger partial charge in [-0.15, -0.1) is 0 Å². The number of amides is 2. The van der Waals surface area contributed by atoms with Crippen molar-refractivity contribution >= 4 is 64.0 Å². The van der Waals surface area contributed by atoms with Crippen molar-refractivity contribution in [2.24, 2.45) is 0 Å². The number of nitrogens with one attached hydrogen (secondary N) is 4. The average molecular weight is 743 g/mol. The highest BCUT2D eigenvalue weighted by atomic mass is 127. The summed E-state index contributed by atoms with van der Waals surface area (Å²) >= 11 is 1.80. The molecule has 0 spiro atoms. The molecule has 15 heteroatoms. The lowest BCUT2D eigenvalue weighted by molar-refractivity contribution is 0.0174. The van der Waals surface area contributed by atoms with E-state index in [2.05, 4.69) is 31.2 Å². The van der Waals surface area contributed by atoms with Gasteiger partial charge >= 0.3 is 6.03 Å². The Morgan fingerprint density at radius 1 is 1.05 bits per heavy atom. The van der Waals surface area contributed by atoms with Crippen LogP contribution in [0, 0.1) is 18.6 Å². The largest absolute Gasteiger partial charge is 0.394 e. The molecule has 5 N–H and O–H groups in total. The molecule has 0 aliphatic carbocycles. The molecule has 1 aromatic heterocycles. The number of aliphatic hydroxyl groups is 1. The maximum absolute atomic E-state index is 15.3. The number of urea groups is 1. The molecule has 9 nitrogen and oxygen atoms in total. The minimum Gasteiger partial charge on any atom is -0.394 e. The van der Waals surface area contributed by atoms with Gasteiger partial charge in [-0.1, -0.05) is 12.1 Å². The molecule has 0 bridgehead atoms. The summed E-state index contributed by atoms with van der Waals surface area (Å²) in [4.78, 5) is 22.0. The molecule has 232 valence electrons. The van der Waals surface area contributed by atoms with Crippen molar-refractivity contribution in [3.8, 4) is 11.1 Å². The van der Waals surface area contributed by atoms with Crippen LogP contribution >= 0.6 is 21.2 Å². The van der Waals surface area contributed by atoms with Crippen molar-refractivity contribution < 1.29 is 31.7 Å². The highest BCUT2D eigenvalue weighted by molar-refractivity contribution is 14.2. The number of nitrogens with zero attached hydrogens (tertiary/aromatic N) is 2. The van der Waals surface area contributed by atoms with E-state index in [0.29, 0.717) is 34.2 Å². The van der Waals surface area contributed by atoms with Crippen LogP contribution in [0.15, 0.2) is 65.7 Å². The van der Waals surface area contributed by atoms with Gasteiger partial charge in [0.2, 0.25) is 5.95 Å². The van der Waals surface area contributed by atoms with E-state index in [-0.39, 0.29) is 24.1 Å². The number of carbonyl (C=O) groups is 1. The van der Waals surface area contributed by atoms with Crippen LogP contribution in [0.4, 0.5) is 51.2 Å². The first kappa shape index (κ1) is 33.1. The van der Waals surface area contributed by atoms with Crippen molar-refractivity contribution in [1.29, 1.82) is 0 Å². The van der Waals surface area contributed by atoms with Crippen LogP contribution in [0.2, 0.25) is 0 Å².